The molecule has 0 saturated carbocycles. The van der Waals surface area contributed by atoms with E-state index in [1.54, 1.807) is 18.2 Å². The summed E-state index contributed by atoms with van der Waals surface area (Å²) in [5, 5.41) is 12.9. The van der Waals surface area contributed by atoms with Crippen LogP contribution in [-0.2, 0) is 0 Å². The lowest BCUT2D eigenvalue weighted by Gasteiger charge is -2.11. The van der Waals surface area contributed by atoms with E-state index in [0.717, 1.165) is 12.1 Å². The number of phenols is 1. The summed E-state index contributed by atoms with van der Waals surface area (Å²) in [6.45, 7) is 0. The van der Waals surface area contributed by atoms with E-state index in [0.29, 0.717) is 15.7 Å². The van der Waals surface area contributed by atoms with Crippen molar-refractivity contribution in [2.24, 2.45) is 0 Å². The van der Waals surface area contributed by atoms with Crippen molar-refractivity contribution in [3.05, 3.63) is 64.4 Å². The van der Waals surface area contributed by atoms with Crippen molar-refractivity contribution in [2.45, 2.75) is 0 Å². The third-order valence-electron chi connectivity index (χ3n) is 3.17. The molecule has 0 bridgehead atoms. The SMILES string of the molecule is Oc1c(F)cc(-c2nccnc2Nc2ccc(Cl)c(Cl)c2)cc1F. The van der Waals surface area contributed by atoms with Gasteiger partial charge in [-0.25, -0.2) is 13.8 Å². The quantitative estimate of drug-likeness (QED) is 0.669. The van der Waals surface area contributed by atoms with Crippen LogP contribution in [0, 0.1) is 11.6 Å². The van der Waals surface area contributed by atoms with E-state index in [1.807, 2.05) is 0 Å². The molecule has 1 aromatic heterocycles. The van der Waals surface area contributed by atoms with Gasteiger partial charge in [0.05, 0.1) is 10.0 Å². The van der Waals surface area contributed by atoms with Gasteiger partial charge in [0.25, 0.3) is 0 Å². The standard InChI is InChI=1S/C16H9Cl2F2N3O/c17-10-2-1-9(7-11(10)18)23-16-14(21-3-4-22-16)8-5-12(19)15(24)13(20)6-8/h1-7,24H,(H,22,23). The Morgan fingerprint density at radius 1 is 0.917 bits per heavy atom. The van der Waals surface area contributed by atoms with Gasteiger partial charge in [-0.2, -0.15) is 0 Å². The van der Waals surface area contributed by atoms with Crippen LogP contribution in [0.3, 0.4) is 0 Å². The predicted octanol–water partition coefficient (Wildman–Crippen LogP) is 5.18. The van der Waals surface area contributed by atoms with E-state index >= 15 is 0 Å². The lowest BCUT2D eigenvalue weighted by molar-refractivity contribution is 0.396. The van der Waals surface area contributed by atoms with Crippen LogP contribution in [0.1, 0.15) is 0 Å². The highest BCUT2D eigenvalue weighted by Crippen LogP contribution is 2.32. The highest BCUT2D eigenvalue weighted by molar-refractivity contribution is 6.42. The van der Waals surface area contributed by atoms with Gasteiger partial charge in [0.1, 0.15) is 5.69 Å². The van der Waals surface area contributed by atoms with Crippen LogP contribution >= 0.6 is 23.2 Å². The van der Waals surface area contributed by atoms with Crippen LogP contribution in [0.25, 0.3) is 11.3 Å². The summed E-state index contributed by atoms with van der Waals surface area (Å²) in [5.41, 5.74) is 0.908. The Morgan fingerprint density at radius 2 is 1.58 bits per heavy atom. The Kier molecular flexibility index (Phi) is 4.51. The molecule has 1 heterocycles. The molecule has 4 nitrogen and oxygen atoms in total. The molecule has 0 radical (unpaired) electrons. The third-order valence-corrected chi connectivity index (χ3v) is 3.91. The molecule has 2 aromatic carbocycles. The van der Waals surface area contributed by atoms with E-state index in [9.17, 15) is 13.9 Å². The van der Waals surface area contributed by atoms with Crippen molar-refractivity contribution < 1.29 is 13.9 Å². The maximum Gasteiger partial charge on any atom is 0.187 e. The number of hydrogen-bond donors (Lipinski definition) is 2. The smallest absolute Gasteiger partial charge is 0.187 e. The van der Waals surface area contributed by atoms with Crippen LogP contribution in [0.15, 0.2) is 42.7 Å². The van der Waals surface area contributed by atoms with E-state index in [1.165, 1.54) is 12.4 Å². The molecule has 0 atom stereocenters. The second-order valence-electron chi connectivity index (χ2n) is 4.80. The molecule has 0 unspecified atom stereocenters. The van der Waals surface area contributed by atoms with Crippen LogP contribution in [-0.4, -0.2) is 15.1 Å². The Hall–Kier alpha value is -2.44. The molecule has 0 aliphatic heterocycles. The molecule has 0 fully saturated rings. The zero-order chi connectivity index (χ0) is 17.3. The molecule has 3 aromatic rings. The highest BCUT2D eigenvalue weighted by Gasteiger charge is 2.15. The molecule has 0 aliphatic rings. The minimum Gasteiger partial charge on any atom is -0.503 e. The largest absolute Gasteiger partial charge is 0.503 e. The number of rotatable bonds is 3. The number of nitrogens with one attached hydrogen (secondary N) is 1. The summed E-state index contributed by atoms with van der Waals surface area (Å²) in [5.74, 6) is -2.95. The predicted molar refractivity (Wildman–Crippen MR) is 88.8 cm³/mol. The molecule has 0 saturated heterocycles. The van der Waals surface area contributed by atoms with Gasteiger partial charge < -0.3 is 10.4 Å². The van der Waals surface area contributed by atoms with E-state index in [-0.39, 0.29) is 17.1 Å². The summed E-state index contributed by atoms with van der Waals surface area (Å²) in [4.78, 5) is 8.23. The van der Waals surface area contributed by atoms with Crippen molar-refractivity contribution in [3.63, 3.8) is 0 Å². The fourth-order valence-electron chi connectivity index (χ4n) is 2.05. The van der Waals surface area contributed by atoms with Gasteiger partial charge in [-0.05, 0) is 30.3 Å². The fraction of sp³-hybridized carbons (Fsp3) is 0. The van der Waals surface area contributed by atoms with Crippen molar-refractivity contribution in [1.29, 1.82) is 0 Å². The number of nitrogens with zero attached hydrogens (tertiary/aromatic N) is 2. The van der Waals surface area contributed by atoms with Crippen molar-refractivity contribution in [2.75, 3.05) is 5.32 Å². The topological polar surface area (TPSA) is 58.0 Å². The summed E-state index contributed by atoms with van der Waals surface area (Å²) < 4.78 is 27.2. The summed E-state index contributed by atoms with van der Waals surface area (Å²) in [7, 11) is 0. The van der Waals surface area contributed by atoms with Crippen LogP contribution in [0.2, 0.25) is 10.0 Å². The van der Waals surface area contributed by atoms with Gasteiger partial charge in [0, 0.05) is 23.6 Å². The first-order valence-corrected chi connectivity index (χ1v) is 7.43. The molecule has 2 N–H and O–H groups in total. The molecule has 0 aliphatic carbocycles. The minimum absolute atomic E-state index is 0.124. The van der Waals surface area contributed by atoms with Crippen LogP contribution in [0.5, 0.6) is 5.75 Å². The van der Waals surface area contributed by atoms with Gasteiger partial charge in [-0.3, -0.25) is 4.98 Å². The molecule has 122 valence electrons. The Labute approximate surface area is 145 Å². The van der Waals surface area contributed by atoms with Crippen molar-refractivity contribution in [3.8, 4) is 17.0 Å². The summed E-state index contributed by atoms with van der Waals surface area (Å²) >= 11 is 11.8. The maximum absolute atomic E-state index is 13.6. The molecule has 0 amide bonds. The number of benzene rings is 2. The first-order valence-electron chi connectivity index (χ1n) is 6.67. The zero-order valence-corrected chi connectivity index (χ0v) is 13.4. The second kappa shape index (κ2) is 6.59. The number of halogens is 4. The van der Waals surface area contributed by atoms with Crippen molar-refractivity contribution >= 4 is 34.7 Å². The number of anilines is 2. The zero-order valence-electron chi connectivity index (χ0n) is 11.9. The third kappa shape index (κ3) is 3.25. The number of aromatic hydroxyl groups is 1. The van der Waals surface area contributed by atoms with Gasteiger partial charge >= 0.3 is 0 Å². The Morgan fingerprint density at radius 3 is 2.25 bits per heavy atom. The van der Waals surface area contributed by atoms with E-state index in [4.69, 9.17) is 23.2 Å². The first kappa shape index (κ1) is 16.4. The van der Waals surface area contributed by atoms with Gasteiger partial charge in [-0.15, -0.1) is 0 Å². The highest BCUT2D eigenvalue weighted by atomic mass is 35.5. The molecule has 3 rings (SSSR count). The second-order valence-corrected chi connectivity index (χ2v) is 5.61. The fourth-order valence-corrected chi connectivity index (χ4v) is 2.35. The maximum atomic E-state index is 13.6. The Balaban J connectivity index is 2.03. The number of aromatic nitrogens is 2. The van der Waals surface area contributed by atoms with E-state index < -0.39 is 17.4 Å². The molecule has 0 spiro atoms. The first-order chi connectivity index (χ1) is 11.5. The lowest BCUT2D eigenvalue weighted by Crippen LogP contribution is -1.99. The minimum atomic E-state index is -1.09. The van der Waals surface area contributed by atoms with Gasteiger partial charge in [0.2, 0.25) is 0 Å². The van der Waals surface area contributed by atoms with Gasteiger partial charge in [-0.1, -0.05) is 23.2 Å². The number of phenolic OH excluding ortho intramolecular Hbond substituents is 1. The number of hydrogen-bond acceptors (Lipinski definition) is 4. The normalized spacial score (nSPS) is 10.7. The summed E-state index contributed by atoms with van der Waals surface area (Å²) in [6.07, 6.45) is 2.81. The Bertz CT molecular complexity index is 899. The van der Waals surface area contributed by atoms with Gasteiger partial charge in [0.15, 0.2) is 23.2 Å². The van der Waals surface area contributed by atoms with E-state index in [2.05, 4.69) is 15.3 Å². The molecule has 8 heteroatoms. The average molecular weight is 368 g/mol. The molecule has 24 heavy (non-hydrogen) atoms. The van der Waals surface area contributed by atoms with Crippen LogP contribution < -0.4 is 5.32 Å². The average Bonchev–Trinajstić information content (AvgIpc) is 2.56. The lowest BCUT2D eigenvalue weighted by atomic mass is 10.1. The van der Waals surface area contributed by atoms with Crippen LogP contribution in [0.4, 0.5) is 20.3 Å². The van der Waals surface area contributed by atoms with Crippen molar-refractivity contribution in [1.82, 2.24) is 9.97 Å². The molecular weight excluding hydrogens is 359 g/mol. The monoisotopic (exact) mass is 367 g/mol. The summed E-state index contributed by atoms with van der Waals surface area (Å²) in [6, 6.07) is 6.80. The molecular formula is C16H9Cl2F2N3O.